The SMILES string of the molecule is O=[N+]([O-])c1cccc2oc(NC3CC=CCC3)nc12. The van der Waals surface area contributed by atoms with Crippen molar-refractivity contribution < 1.29 is 9.34 Å². The van der Waals surface area contributed by atoms with E-state index in [1.54, 1.807) is 12.1 Å². The Morgan fingerprint density at radius 2 is 2.32 bits per heavy atom. The van der Waals surface area contributed by atoms with E-state index in [0.29, 0.717) is 17.1 Å². The lowest BCUT2D eigenvalue weighted by Crippen LogP contribution is -2.20. The second kappa shape index (κ2) is 4.72. The fourth-order valence-corrected chi connectivity index (χ4v) is 2.24. The lowest BCUT2D eigenvalue weighted by atomic mass is 10.0. The quantitative estimate of drug-likeness (QED) is 0.519. The summed E-state index contributed by atoms with van der Waals surface area (Å²) in [6.07, 6.45) is 7.22. The molecule has 0 saturated carbocycles. The monoisotopic (exact) mass is 259 g/mol. The number of rotatable bonds is 3. The molecular weight excluding hydrogens is 246 g/mol. The van der Waals surface area contributed by atoms with Crippen molar-refractivity contribution in [3.05, 3.63) is 40.5 Å². The van der Waals surface area contributed by atoms with Crippen LogP contribution in [0.3, 0.4) is 0 Å². The molecule has 0 radical (unpaired) electrons. The highest BCUT2D eigenvalue weighted by Gasteiger charge is 2.19. The van der Waals surface area contributed by atoms with Gasteiger partial charge in [-0.25, -0.2) is 0 Å². The molecule has 0 saturated heterocycles. The Hall–Kier alpha value is -2.37. The van der Waals surface area contributed by atoms with Crippen LogP contribution in [0.1, 0.15) is 19.3 Å². The highest BCUT2D eigenvalue weighted by Crippen LogP contribution is 2.28. The second-order valence-corrected chi connectivity index (χ2v) is 4.53. The minimum absolute atomic E-state index is 0.0298. The summed E-state index contributed by atoms with van der Waals surface area (Å²) >= 11 is 0. The molecule has 1 heterocycles. The van der Waals surface area contributed by atoms with Crippen LogP contribution in [0.25, 0.3) is 11.1 Å². The molecule has 1 aliphatic carbocycles. The number of nitro groups is 1. The Bertz CT molecular complexity index is 648. The number of hydrogen-bond acceptors (Lipinski definition) is 5. The van der Waals surface area contributed by atoms with Crippen LogP contribution in [-0.4, -0.2) is 15.9 Å². The molecule has 0 aliphatic heterocycles. The van der Waals surface area contributed by atoms with Gasteiger partial charge in [0.05, 0.1) is 4.92 Å². The summed E-state index contributed by atoms with van der Waals surface area (Å²) in [5.74, 6) is 0. The Labute approximate surface area is 109 Å². The zero-order chi connectivity index (χ0) is 13.2. The molecule has 1 aliphatic rings. The predicted molar refractivity (Wildman–Crippen MR) is 71.1 cm³/mol. The van der Waals surface area contributed by atoms with Crippen LogP contribution in [0.4, 0.5) is 11.7 Å². The van der Waals surface area contributed by atoms with Crippen LogP contribution in [0.2, 0.25) is 0 Å². The van der Waals surface area contributed by atoms with Gasteiger partial charge in [-0.05, 0) is 25.3 Å². The minimum atomic E-state index is -0.446. The molecule has 19 heavy (non-hydrogen) atoms. The van der Waals surface area contributed by atoms with Gasteiger partial charge in [0.2, 0.25) is 0 Å². The van der Waals surface area contributed by atoms with E-state index < -0.39 is 4.92 Å². The largest absolute Gasteiger partial charge is 0.423 e. The van der Waals surface area contributed by atoms with Crippen LogP contribution in [0.15, 0.2) is 34.8 Å². The van der Waals surface area contributed by atoms with Crippen molar-refractivity contribution in [2.45, 2.75) is 25.3 Å². The molecule has 1 N–H and O–H groups in total. The van der Waals surface area contributed by atoms with Gasteiger partial charge in [0.15, 0.2) is 11.1 Å². The highest BCUT2D eigenvalue weighted by molar-refractivity contribution is 5.84. The lowest BCUT2D eigenvalue weighted by molar-refractivity contribution is -0.383. The Morgan fingerprint density at radius 1 is 1.42 bits per heavy atom. The summed E-state index contributed by atoms with van der Waals surface area (Å²) in [4.78, 5) is 14.6. The van der Waals surface area contributed by atoms with E-state index in [0.717, 1.165) is 19.3 Å². The first-order valence-corrected chi connectivity index (χ1v) is 6.19. The Morgan fingerprint density at radius 3 is 3.05 bits per heavy atom. The van der Waals surface area contributed by atoms with Crippen LogP contribution >= 0.6 is 0 Å². The topological polar surface area (TPSA) is 81.2 Å². The standard InChI is InChI=1S/C13H13N3O3/c17-16(18)10-7-4-8-11-12(10)15-13(19-11)14-9-5-2-1-3-6-9/h1-2,4,7-9H,3,5-6H2,(H,14,15). The van der Waals surface area contributed by atoms with E-state index in [4.69, 9.17) is 4.42 Å². The molecule has 0 amide bonds. The summed E-state index contributed by atoms with van der Waals surface area (Å²) in [5.41, 5.74) is 0.697. The molecule has 1 unspecified atom stereocenters. The van der Waals surface area contributed by atoms with Crippen LogP contribution in [-0.2, 0) is 0 Å². The van der Waals surface area contributed by atoms with Gasteiger partial charge in [0, 0.05) is 12.1 Å². The fourth-order valence-electron chi connectivity index (χ4n) is 2.24. The van der Waals surface area contributed by atoms with Crippen molar-refractivity contribution >= 4 is 22.8 Å². The van der Waals surface area contributed by atoms with Crippen molar-refractivity contribution in [3.8, 4) is 0 Å². The molecule has 1 aromatic carbocycles. The average Bonchev–Trinajstić information content (AvgIpc) is 2.81. The molecule has 0 fully saturated rings. The molecule has 0 spiro atoms. The number of nitro benzene ring substituents is 1. The third-order valence-corrected chi connectivity index (χ3v) is 3.19. The summed E-state index contributed by atoms with van der Waals surface area (Å²) in [5, 5.41) is 14.1. The minimum Gasteiger partial charge on any atom is -0.423 e. The van der Waals surface area contributed by atoms with E-state index in [9.17, 15) is 10.1 Å². The normalized spacial score (nSPS) is 18.6. The molecule has 0 bridgehead atoms. The van der Waals surface area contributed by atoms with Gasteiger partial charge in [-0.2, -0.15) is 4.98 Å². The second-order valence-electron chi connectivity index (χ2n) is 4.53. The molecular formula is C13H13N3O3. The van der Waals surface area contributed by atoms with Gasteiger partial charge >= 0.3 is 0 Å². The number of fused-ring (bicyclic) bond motifs is 1. The van der Waals surface area contributed by atoms with Gasteiger partial charge in [0.1, 0.15) is 0 Å². The van der Waals surface area contributed by atoms with Gasteiger partial charge in [-0.3, -0.25) is 10.1 Å². The number of nitrogens with one attached hydrogen (secondary N) is 1. The first-order valence-electron chi connectivity index (χ1n) is 6.19. The van der Waals surface area contributed by atoms with Crippen LogP contribution < -0.4 is 5.32 Å². The third kappa shape index (κ3) is 2.29. The number of allylic oxidation sites excluding steroid dienone is 1. The van der Waals surface area contributed by atoms with E-state index >= 15 is 0 Å². The highest BCUT2D eigenvalue weighted by atomic mass is 16.6. The van der Waals surface area contributed by atoms with Crippen molar-refractivity contribution in [1.29, 1.82) is 0 Å². The van der Waals surface area contributed by atoms with Gasteiger partial charge < -0.3 is 9.73 Å². The van der Waals surface area contributed by atoms with Crippen LogP contribution in [0, 0.1) is 10.1 Å². The van der Waals surface area contributed by atoms with Gasteiger partial charge in [0.25, 0.3) is 11.7 Å². The molecule has 6 heteroatoms. The maximum atomic E-state index is 10.9. The number of aromatic nitrogens is 1. The zero-order valence-corrected chi connectivity index (χ0v) is 10.2. The average molecular weight is 259 g/mol. The predicted octanol–water partition coefficient (Wildman–Crippen LogP) is 3.26. The molecule has 3 rings (SSSR count). The van der Waals surface area contributed by atoms with Gasteiger partial charge in [-0.15, -0.1) is 0 Å². The van der Waals surface area contributed by atoms with E-state index in [2.05, 4.69) is 22.5 Å². The van der Waals surface area contributed by atoms with E-state index in [1.807, 2.05) is 0 Å². The molecule has 2 aromatic rings. The summed E-state index contributed by atoms with van der Waals surface area (Å²) in [6, 6.07) is 5.33. The zero-order valence-electron chi connectivity index (χ0n) is 10.2. The maximum Gasteiger partial charge on any atom is 0.298 e. The van der Waals surface area contributed by atoms with Crippen LogP contribution in [0.5, 0.6) is 0 Å². The van der Waals surface area contributed by atoms with Gasteiger partial charge in [-0.1, -0.05) is 18.2 Å². The third-order valence-electron chi connectivity index (χ3n) is 3.19. The Balaban J connectivity index is 1.91. The summed E-state index contributed by atoms with van der Waals surface area (Å²) in [7, 11) is 0. The molecule has 1 aromatic heterocycles. The molecule has 98 valence electrons. The van der Waals surface area contributed by atoms with Crippen molar-refractivity contribution in [3.63, 3.8) is 0 Å². The maximum absolute atomic E-state index is 10.9. The number of hydrogen-bond donors (Lipinski definition) is 1. The van der Waals surface area contributed by atoms with E-state index in [-0.39, 0.29) is 11.7 Å². The van der Waals surface area contributed by atoms with E-state index in [1.165, 1.54) is 6.07 Å². The number of oxazole rings is 1. The fraction of sp³-hybridized carbons (Fsp3) is 0.308. The lowest BCUT2D eigenvalue weighted by Gasteiger charge is -2.17. The first kappa shape index (κ1) is 11.7. The number of anilines is 1. The summed E-state index contributed by atoms with van der Waals surface area (Å²) < 4.78 is 5.51. The number of non-ortho nitro benzene ring substituents is 1. The Kier molecular flexibility index (Phi) is 2.91. The number of nitrogens with zero attached hydrogens (tertiary/aromatic N) is 2. The smallest absolute Gasteiger partial charge is 0.298 e. The number of benzene rings is 1. The molecule has 6 nitrogen and oxygen atoms in total. The number of para-hydroxylation sites is 1. The molecule has 1 atom stereocenters. The first-order chi connectivity index (χ1) is 9.24. The summed E-state index contributed by atoms with van der Waals surface area (Å²) in [6.45, 7) is 0. The van der Waals surface area contributed by atoms with Crippen molar-refractivity contribution in [2.75, 3.05) is 5.32 Å². The van der Waals surface area contributed by atoms with Crippen molar-refractivity contribution in [1.82, 2.24) is 4.98 Å². The van der Waals surface area contributed by atoms with Crippen molar-refractivity contribution in [2.24, 2.45) is 0 Å².